The first-order chi connectivity index (χ1) is 12.6. The van der Waals surface area contributed by atoms with Gasteiger partial charge in [0.15, 0.2) is 0 Å². The molecule has 7 heteroatoms. The fraction of sp³-hybridized carbons (Fsp3) is 0.105. The largest absolute Gasteiger partial charge is 0.325 e. The number of fused-ring (bicyclic) bond motifs is 1. The van der Waals surface area contributed by atoms with Gasteiger partial charge < -0.3 is 14.5 Å². The fourth-order valence-electron chi connectivity index (χ4n) is 2.82. The predicted octanol–water partition coefficient (Wildman–Crippen LogP) is 3.10. The molecule has 6 nitrogen and oxygen atoms in total. The SMILES string of the molecule is Cn1ccc2ncn(CC(=O)Nc3ccc(-c4ccsc4)cc3)c2c1=O. The monoisotopic (exact) mass is 364 g/mol. The number of imidazole rings is 1. The number of pyridine rings is 1. The second-order valence-corrected chi connectivity index (χ2v) is 6.76. The summed E-state index contributed by atoms with van der Waals surface area (Å²) in [5.74, 6) is -0.210. The van der Waals surface area contributed by atoms with Gasteiger partial charge in [-0.15, -0.1) is 0 Å². The smallest absolute Gasteiger partial charge is 0.276 e. The molecule has 0 bridgehead atoms. The minimum absolute atomic E-state index is 0.0298. The standard InChI is InChI=1S/C19H16N4O2S/c1-22-8-6-16-18(19(22)25)23(12-20-16)10-17(24)21-15-4-2-13(3-5-15)14-7-9-26-11-14/h2-9,11-12H,10H2,1H3,(H,21,24). The number of amides is 1. The molecule has 3 heterocycles. The van der Waals surface area contributed by atoms with E-state index in [2.05, 4.69) is 21.7 Å². The zero-order valence-electron chi connectivity index (χ0n) is 14.0. The van der Waals surface area contributed by atoms with Gasteiger partial charge in [0.1, 0.15) is 12.1 Å². The number of benzene rings is 1. The molecule has 0 saturated carbocycles. The molecule has 0 aliphatic heterocycles. The Bertz CT molecular complexity index is 1120. The van der Waals surface area contributed by atoms with Crippen molar-refractivity contribution in [3.8, 4) is 11.1 Å². The molecule has 0 radical (unpaired) electrons. The molecule has 1 N–H and O–H groups in total. The van der Waals surface area contributed by atoms with Crippen LogP contribution in [0.5, 0.6) is 0 Å². The second kappa shape index (κ2) is 6.61. The topological polar surface area (TPSA) is 68.9 Å². The summed E-state index contributed by atoms with van der Waals surface area (Å²) in [7, 11) is 1.67. The average molecular weight is 364 g/mol. The van der Waals surface area contributed by atoms with Crippen molar-refractivity contribution in [2.45, 2.75) is 6.54 Å². The summed E-state index contributed by atoms with van der Waals surface area (Å²) >= 11 is 1.65. The average Bonchev–Trinajstić information content (AvgIpc) is 3.29. The predicted molar refractivity (Wildman–Crippen MR) is 103 cm³/mol. The van der Waals surface area contributed by atoms with Crippen LogP contribution in [-0.4, -0.2) is 20.0 Å². The Kier molecular flexibility index (Phi) is 4.14. The van der Waals surface area contributed by atoms with Gasteiger partial charge in [-0.2, -0.15) is 11.3 Å². The summed E-state index contributed by atoms with van der Waals surface area (Å²) < 4.78 is 3.05. The van der Waals surface area contributed by atoms with E-state index in [1.807, 2.05) is 29.6 Å². The molecule has 130 valence electrons. The number of nitrogens with one attached hydrogen (secondary N) is 1. The number of thiophene rings is 1. The summed E-state index contributed by atoms with van der Waals surface area (Å²) in [5.41, 5.74) is 3.82. The molecular weight excluding hydrogens is 348 g/mol. The van der Waals surface area contributed by atoms with Gasteiger partial charge in [0.25, 0.3) is 5.56 Å². The van der Waals surface area contributed by atoms with Gasteiger partial charge in [-0.1, -0.05) is 12.1 Å². The van der Waals surface area contributed by atoms with E-state index in [-0.39, 0.29) is 18.0 Å². The van der Waals surface area contributed by atoms with Crippen LogP contribution >= 0.6 is 11.3 Å². The van der Waals surface area contributed by atoms with Crippen molar-refractivity contribution in [2.24, 2.45) is 7.05 Å². The maximum absolute atomic E-state index is 12.4. The van der Waals surface area contributed by atoms with Gasteiger partial charge in [0.2, 0.25) is 5.91 Å². The van der Waals surface area contributed by atoms with E-state index in [0.717, 1.165) is 11.1 Å². The summed E-state index contributed by atoms with van der Waals surface area (Å²) in [4.78, 5) is 28.8. The highest BCUT2D eigenvalue weighted by Gasteiger charge is 2.11. The van der Waals surface area contributed by atoms with E-state index in [4.69, 9.17) is 0 Å². The lowest BCUT2D eigenvalue weighted by atomic mass is 10.1. The van der Waals surface area contributed by atoms with Gasteiger partial charge in [-0.05, 0) is 46.2 Å². The van der Waals surface area contributed by atoms with Crippen molar-refractivity contribution < 1.29 is 4.79 Å². The number of rotatable bonds is 4. The first-order valence-corrected chi connectivity index (χ1v) is 8.99. The quantitative estimate of drug-likeness (QED) is 0.605. The Morgan fingerprint density at radius 1 is 1.15 bits per heavy atom. The van der Waals surface area contributed by atoms with Gasteiger partial charge in [-0.3, -0.25) is 9.59 Å². The molecule has 26 heavy (non-hydrogen) atoms. The number of hydrogen-bond donors (Lipinski definition) is 1. The summed E-state index contributed by atoms with van der Waals surface area (Å²) in [5, 5.41) is 6.97. The van der Waals surface area contributed by atoms with Crippen LogP contribution in [0.25, 0.3) is 22.2 Å². The Balaban J connectivity index is 1.51. The Morgan fingerprint density at radius 2 is 1.96 bits per heavy atom. The Hall–Kier alpha value is -3.19. The molecule has 0 spiro atoms. The molecule has 1 amide bonds. The molecule has 4 rings (SSSR count). The molecular formula is C19H16N4O2S. The van der Waals surface area contributed by atoms with E-state index < -0.39 is 0 Å². The third-order valence-corrected chi connectivity index (χ3v) is 4.87. The number of anilines is 1. The molecule has 4 aromatic rings. The number of aromatic nitrogens is 3. The van der Waals surface area contributed by atoms with E-state index in [0.29, 0.717) is 16.7 Å². The van der Waals surface area contributed by atoms with Crippen LogP contribution in [-0.2, 0) is 18.4 Å². The second-order valence-electron chi connectivity index (χ2n) is 5.98. The van der Waals surface area contributed by atoms with Crippen LogP contribution in [0, 0.1) is 0 Å². The number of hydrogen-bond acceptors (Lipinski definition) is 4. The van der Waals surface area contributed by atoms with E-state index >= 15 is 0 Å². The van der Waals surface area contributed by atoms with Crippen LogP contribution in [0.2, 0.25) is 0 Å². The van der Waals surface area contributed by atoms with Gasteiger partial charge in [0, 0.05) is 18.9 Å². The summed E-state index contributed by atoms with van der Waals surface area (Å²) in [6.07, 6.45) is 3.18. The normalized spacial score (nSPS) is 11.0. The van der Waals surface area contributed by atoms with Crippen molar-refractivity contribution in [1.82, 2.24) is 14.1 Å². The number of nitrogens with zero attached hydrogens (tertiary/aromatic N) is 3. The van der Waals surface area contributed by atoms with Gasteiger partial charge >= 0.3 is 0 Å². The van der Waals surface area contributed by atoms with Gasteiger partial charge in [0.05, 0.1) is 11.8 Å². The van der Waals surface area contributed by atoms with Crippen LogP contribution in [0.3, 0.4) is 0 Å². The third kappa shape index (κ3) is 3.04. The van der Waals surface area contributed by atoms with Gasteiger partial charge in [-0.25, -0.2) is 4.98 Å². The van der Waals surface area contributed by atoms with Crippen LogP contribution in [0.1, 0.15) is 0 Å². The summed E-state index contributed by atoms with van der Waals surface area (Å²) in [6, 6.07) is 11.5. The minimum atomic E-state index is -0.210. The zero-order chi connectivity index (χ0) is 18.1. The molecule has 0 unspecified atom stereocenters. The minimum Gasteiger partial charge on any atom is -0.325 e. The van der Waals surface area contributed by atoms with Crippen molar-refractivity contribution in [3.63, 3.8) is 0 Å². The summed E-state index contributed by atoms with van der Waals surface area (Å²) in [6.45, 7) is 0.0298. The van der Waals surface area contributed by atoms with E-state index in [1.54, 1.807) is 35.2 Å². The number of aryl methyl sites for hydroxylation is 1. The number of carbonyl (C=O) groups is 1. The molecule has 0 saturated heterocycles. The van der Waals surface area contributed by atoms with E-state index in [9.17, 15) is 9.59 Å². The highest BCUT2D eigenvalue weighted by molar-refractivity contribution is 7.08. The van der Waals surface area contributed by atoms with Crippen LogP contribution in [0.4, 0.5) is 5.69 Å². The highest BCUT2D eigenvalue weighted by atomic mass is 32.1. The Labute approximate surface area is 153 Å². The molecule has 0 fully saturated rings. The third-order valence-electron chi connectivity index (χ3n) is 4.18. The van der Waals surface area contributed by atoms with Crippen molar-refractivity contribution in [1.29, 1.82) is 0 Å². The molecule has 0 aliphatic rings. The Morgan fingerprint density at radius 3 is 2.69 bits per heavy atom. The lowest BCUT2D eigenvalue weighted by molar-refractivity contribution is -0.116. The molecule has 0 aliphatic carbocycles. The zero-order valence-corrected chi connectivity index (χ0v) is 14.9. The van der Waals surface area contributed by atoms with Crippen molar-refractivity contribution in [3.05, 3.63) is 70.0 Å². The highest BCUT2D eigenvalue weighted by Crippen LogP contribution is 2.23. The first kappa shape index (κ1) is 16.3. The van der Waals surface area contributed by atoms with Crippen molar-refractivity contribution in [2.75, 3.05) is 5.32 Å². The first-order valence-electron chi connectivity index (χ1n) is 8.05. The maximum atomic E-state index is 12.4. The van der Waals surface area contributed by atoms with Crippen molar-refractivity contribution >= 4 is 34.0 Å². The maximum Gasteiger partial charge on any atom is 0.276 e. The fourth-order valence-corrected chi connectivity index (χ4v) is 3.48. The molecule has 0 atom stereocenters. The number of carbonyl (C=O) groups excluding carboxylic acids is 1. The van der Waals surface area contributed by atoms with Crippen LogP contribution in [0.15, 0.2) is 64.5 Å². The lowest BCUT2D eigenvalue weighted by Gasteiger charge is -2.08. The molecule has 3 aromatic heterocycles. The van der Waals surface area contributed by atoms with E-state index in [1.165, 1.54) is 10.9 Å². The molecule has 1 aromatic carbocycles. The lowest BCUT2D eigenvalue weighted by Crippen LogP contribution is -2.22. The van der Waals surface area contributed by atoms with Crippen LogP contribution < -0.4 is 10.9 Å².